The monoisotopic (exact) mass is 187 g/mol. The molecule has 0 unspecified atom stereocenters. The molecule has 0 saturated carbocycles. The largest absolute Gasteiger partial charge is 0.465 e. The highest BCUT2D eigenvalue weighted by Crippen LogP contribution is 2.07. The van der Waals surface area contributed by atoms with Gasteiger partial charge >= 0.3 is 5.97 Å². The molecule has 0 amide bonds. The van der Waals surface area contributed by atoms with Gasteiger partial charge in [0, 0.05) is 6.08 Å². The molecule has 0 atom stereocenters. The van der Waals surface area contributed by atoms with Crippen LogP contribution in [-0.2, 0) is 4.74 Å². The van der Waals surface area contributed by atoms with E-state index in [-0.39, 0.29) is 5.97 Å². The highest BCUT2D eigenvalue weighted by Gasteiger charge is 2.03. The Morgan fingerprint density at radius 3 is 3.00 bits per heavy atom. The topological polar surface area (TPSA) is 50.1 Å². The molecule has 1 aromatic carbocycles. The summed E-state index contributed by atoms with van der Waals surface area (Å²) in [5.41, 5.74) is 1.28. The summed E-state index contributed by atoms with van der Waals surface area (Å²) in [5, 5.41) is 8.32. The number of allylic oxidation sites excluding steroid dienone is 1. The first-order valence-corrected chi connectivity index (χ1v) is 4.02. The zero-order valence-electron chi connectivity index (χ0n) is 7.73. The van der Waals surface area contributed by atoms with Gasteiger partial charge in [0.15, 0.2) is 0 Å². The molecule has 0 aliphatic carbocycles. The number of ether oxygens (including phenoxy) is 1. The fraction of sp³-hybridized carbons (Fsp3) is 0.0909. The minimum absolute atomic E-state index is 0.378. The van der Waals surface area contributed by atoms with E-state index in [0.29, 0.717) is 5.56 Å². The van der Waals surface area contributed by atoms with E-state index in [1.807, 2.05) is 6.07 Å². The molecule has 0 heterocycles. The van der Waals surface area contributed by atoms with E-state index in [2.05, 4.69) is 4.74 Å². The van der Waals surface area contributed by atoms with Crippen molar-refractivity contribution in [2.45, 2.75) is 0 Å². The normalized spacial score (nSPS) is 9.71. The molecule has 1 aromatic rings. The quantitative estimate of drug-likeness (QED) is 0.525. The molecule has 70 valence electrons. The third-order valence-corrected chi connectivity index (χ3v) is 1.66. The van der Waals surface area contributed by atoms with Gasteiger partial charge in [-0.05, 0) is 23.8 Å². The van der Waals surface area contributed by atoms with Crippen molar-refractivity contribution in [2.75, 3.05) is 7.11 Å². The van der Waals surface area contributed by atoms with Gasteiger partial charge in [-0.1, -0.05) is 12.1 Å². The van der Waals surface area contributed by atoms with E-state index in [1.54, 1.807) is 30.3 Å². The second-order valence-corrected chi connectivity index (χ2v) is 2.58. The van der Waals surface area contributed by atoms with Crippen molar-refractivity contribution in [3.63, 3.8) is 0 Å². The number of carbonyl (C=O) groups is 1. The van der Waals surface area contributed by atoms with Crippen LogP contribution in [-0.4, -0.2) is 13.1 Å². The first-order chi connectivity index (χ1) is 6.77. The number of nitrogens with zero attached hydrogens (tertiary/aromatic N) is 1. The lowest BCUT2D eigenvalue weighted by Gasteiger charge is -1.99. The van der Waals surface area contributed by atoms with Crippen LogP contribution < -0.4 is 0 Å². The van der Waals surface area contributed by atoms with Crippen LogP contribution in [0.2, 0.25) is 0 Å². The van der Waals surface area contributed by atoms with E-state index in [9.17, 15) is 4.79 Å². The predicted octanol–water partition coefficient (Wildman–Crippen LogP) is 2.01. The Kier molecular flexibility index (Phi) is 3.45. The molecule has 0 aliphatic heterocycles. The zero-order valence-corrected chi connectivity index (χ0v) is 7.73. The highest BCUT2D eigenvalue weighted by molar-refractivity contribution is 5.90. The fourth-order valence-electron chi connectivity index (χ4n) is 1.02. The third kappa shape index (κ3) is 2.46. The lowest BCUT2D eigenvalue weighted by Crippen LogP contribution is -2.00. The molecule has 0 fully saturated rings. The van der Waals surface area contributed by atoms with E-state index in [0.717, 1.165) is 5.56 Å². The molecule has 0 spiro atoms. The Balaban J connectivity index is 2.96. The third-order valence-electron chi connectivity index (χ3n) is 1.66. The molecule has 14 heavy (non-hydrogen) atoms. The molecular weight excluding hydrogens is 178 g/mol. The van der Waals surface area contributed by atoms with Crippen LogP contribution in [0.4, 0.5) is 0 Å². The summed E-state index contributed by atoms with van der Waals surface area (Å²) in [6.07, 6.45) is 2.99. The van der Waals surface area contributed by atoms with Gasteiger partial charge < -0.3 is 4.74 Å². The summed E-state index contributed by atoms with van der Waals surface area (Å²) in [6, 6.07) is 8.76. The van der Waals surface area contributed by atoms with Crippen LogP contribution in [0.1, 0.15) is 15.9 Å². The molecule has 0 N–H and O–H groups in total. The standard InChI is InChI=1S/C11H9NO2/c1-14-11(13)10-6-2-4-9(8-10)5-3-7-12/h2-6,8H,1H3. The van der Waals surface area contributed by atoms with Crippen molar-refractivity contribution in [1.82, 2.24) is 0 Å². The Morgan fingerprint density at radius 1 is 1.57 bits per heavy atom. The van der Waals surface area contributed by atoms with E-state index in [4.69, 9.17) is 5.26 Å². The van der Waals surface area contributed by atoms with Crippen LogP contribution in [0.5, 0.6) is 0 Å². The van der Waals surface area contributed by atoms with Crippen molar-refractivity contribution in [1.29, 1.82) is 5.26 Å². The van der Waals surface area contributed by atoms with Crippen LogP contribution in [0.25, 0.3) is 6.08 Å². The van der Waals surface area contributed by atoms with Gasteiger partial charge in [-0.2, -0.15) is 5.26 Å². The number of benzene rings is 1. The summed E-state index contributed by atoms with van der Waals surface area (Å²) >= 11 is 0. The summed E-state index contributed by atoms with van der Waals surface area (Å²) in [5.74, 6) is -0.378. The van der Waals surface area contributed by atoms with Crippen LogP contribution >= 0.6 is 0 Å². The Hall–Kier alpha value is -2.08. The van der Waals surface area contributed by atoms with E-state index >= 15 is 0 Å². The van der Waals surface area contributed by atoms with Gasteiger partial charge in [-0.15, -0.1) is 0 Å². The zero-order chi connectivity index (χ0) is 10.4. The molecular formula is C11H9NO2. The molecule has 0 aliphatic rings. The van der Waals surface area contributed by atoms with Crippen molar-refractivity contribution in [3.05, 3.63) is 41.5 Å². The first-order valence-electron chi connectivity index (χ1n) is 4.02. The number of carbonyl (C=O) groups excluding carboxylic acids is 1. The van der Waals surface area contributed by atoms with Gasteiger partial charge in [0.25, 0.3) is 0 Å². The Bertz CT molecular complexity index is 402. The minimum Gasteiger partial charge on any atom is -0.465 e. The van der Waals surface area contributed by atoms with Gasteiger partial charge in [-0.3, -0.25) is 0 Å². The lowest BCUT2D eigenvalue weighted by molar-refractivity contribution is 0.0600. The van der Waals surface area contributed by atoms with Crippen LogP contribution in [0.3, 0.4) is 0 Å². The van der Waals surface area contributed by atoms with Gasteiger partial charge in [0.2, 0.25) is 0 Å². The van der Waals surface area contributed by atoms with E-state index in [1.165, 1.54) is 13.2 Å². The Labute approximate surface area is 82.2 Å². The maximum absolute atomic E-state index is 11.1. The number of hydrogen-bond donors (Lipinski definition) is 0. The molecule has 0 bridgehead atoms. The average Bonchev–Trinajstić information content (AvgIpc) is 2.25. The molecule has 3 heteroatoms. The molecule has 0 saturated heterocycles. The first kappa shape index (κ1) is 10.0. The average molecular weight is 187 g/mol. The molecule has 0 aromatic heterocycles. The minimum atomic E-state index is -0.378. The number of nitriles is 1. The predicted molar refractivity (Wildman–Crippen MR) is 52.4 cm³/mol. The van der Waals surface area contributed by atoms with Crippen LogP contribution in [0.15, 0.2) is 30.3 Å². The van der Waals surface area contributed by atoms with Crippen molar-refractivity contribution in [2.24, 2.45) is 0 Å². The lowest BCUT2D eigenvalue weighted by atomic mass is 10.1. The second kappa shape index (κ2) is 4.83. The SMILES string of the molecule is COC(=O)c1cccc(C=CC#N)c1. The van der Waals surface area contributed by atoms with Gasteiger partial charge in [0.05, 0.1) is 18.7 Å². The molecule has 1 rings (SSSR count). The van der Waals surface area contributed by atoms with Gasteiger partial charge in [-0.25, -0.2) is 4.79 Å². The molecule has 0 radical (unpaired) electrons. The summed E-state index contributed by atoms with van der Waals surface area (Å²) in [6.45, 7) is 0. The van der Waals surface area contributed by atoms with E-state index < -0.39 is 0 Å². The maximum atomic E-state index is 11.1. The molecule has 3 nitrogen and oxygen atoms in total. The highest BCUT2D eigenvalue weighted by atomic mass is 16.5. The smallest absolute Gasteiger partial charge is 0.337 e. The summed E-state index contributed by atoms with van der Waals surface area (Å²) < 4.78 is 4.57. The number of rotatable bonds is 2. The van der Waals surface area contributed by atoms with Crippen LogP contribution in [0, 0.1) is 11.3 Å². The summed E-state index contributed by atoms with van der Waals surface area (Å²) in [4.78, 5) is 11.1. The number of hydrogen-bond acceptors (Lipinski definition) is 3. The fourth-order valence-corrected chi connectivity index (χ4v) is 1.02. The van der Waals surface area contributed by atoms with Crippen molar-refractivity contribution >= 4 is 12.0 Å². The Morgan fingerprint density at radius 2 is 2.36 bits per heavy atom. The van der Waals surface area contributed by atoms with Gasteiger partial charge in [0.1, 0.15) is 0 Å². The maximum Gasteiger partial charge on any atom is 0.337 e. The number of esters is 1. The second-order valence-electron chi connectivity index (χ2n) is 2.58. The van der Waals surface area contributed by atoms with Crippen molar-refractivity contribution < 1.29 is 9.53 Å². The van der Waals surface area contributed by atoms with Crippen molar-refractivity contribution in [3.8, 4) is 6.07 Å². The summed E-state index contributed by atoms with van der Waals surface area (Å²) in [7, 11) is 1.33. The number of methoxy groups -OCH3 is 1.